The molecule has 128 valence electrons. The van der Waals surface area contributed by atoms with E-state index in [4.69, 9.17) is 0 Å². The van der Waals surface area contributed by atoms with Crippen molar-refractivity contribution in [1.29, 1.82) is 0 Å². The number of rotatable bonds is 4. The van der Waals surface area contributed by atoms with Crippen LogP contribution in [0.15, 0.2) is 54.9 Å². The molecule has 0 saturated heterocycles. The third-order valence-electron chi connectivity index (χ3n) is 3.27. The lowest BCUT2D eigenvalue weighted by Crippen LogP contribution is -2.27. The summed E-state index contributed by atoms with van der Waals surface area (Å²) in [6.45, 7) is 6.10. The monoisotopic (exact) mass is 337 g/mol. The summed E-state index contributed by atoms with van der Waals surface area (Å²) in [5, 5.41) is 6.40. The molecule has 3 aromatic rings. The summed E-state index contributed by atoms with van der Waals surface area (Å²) in [5.74, 6) is 0.763. The first-order valence-corrected chi connectivity index (χ1v) is 7.99. The molecule has 0 saturated carbocycles. The van der Waals surface area contributed by atoms with E-state index in [1.165, 1.54) is 12.1 Å². The van der Waals surface area contributed by atoms with Gasteiger partial charge in [0.25, 0.3) is 0 Å². The van der Waals surface area contributed by atoms with Crippen LogP contribution in [0.3, 0.4) is 0 Å². The summed E-state index contributed by atoms with van der Waals surface area (Å²) in [7, 11) is 0. The van der Waals surface area contributed by atoms with Crippen LogP contribution >= 0.6 is 0 Å². The molecule has 0 aliphatic carbocycles. The minimum absolute atomic E-state index is 0.191. The number of halogens is 1. The minimum atomic E-state index is -0.306. The van der Waals surface area contributed by atoms with Crippen molar-refractivity contribution in [3.8, 4) is 11.3 Å². The van der Waals surface area contributed by atoms with E-state index < -0.39 is 0 Å². The third kappa shape index (κ3) is 4.73. The smallest absolute Gasteiger partial charge is 0.225 e. The van der Waals surface area contributed by atoms with Gasteiger partial charge in [-0.25, -0.2) is 9.37 Å². The molecule has 25 heavy (non-hydrogen) atoms. The molecule has 0 aliphatic heterocycles. The molecule has 3 rings (SSSR count). The van der Waals surface area contributed by atoms with Gasteiger partial charge < -0.3 is 10.6 Å². The predicted octanol–water partition coefficient (Wildman–Crippen LogP) is 4.63. The third-order valence-corrected chi connectivity index (χ3v) is 3.27. The maximum Gasteiger partial charge on any atom is 0.225 e. The molecule has 0 radical (unpaired) electrons. The predicted molar refractivity (Wildman–Crippen MR) is 98.3 cm³/mol. The second-order valence-corrected chi connectivity index (χ2v) is 6.71. The van der Waals surface area contributed by atoms with Gasteiger partial charge in [0.1, 0.15) is 11.6 Å². The van der Waals surface area contributed by atoms with Crippen LogP contribution < -0.4 is 10.6 Å². The van der Waals surface area contributed by atoms with Crippen LogP contribution in [0.25, 0.3) is 11.3 Å². The number of hydrogen-bond donors (Lipinski definition) is 2. The molecule has 2 aromatic heterocycles. The first-order valence-electron chi connectivity index (χ1n) is 7.99. The van der Waals surface area contributed by atoms with E-state index in [1.807, 2.05) is 39.0 Å². The standard InChI is InChI=1S/C19H20FN5/c1-19(2,3)25-18-23-16(13-6-5-9-21-12-13)11-17(24-18)22-15-8-4-7-14(20)10-15/h4-12H,1-3H3,(H2,22,23,24,25). The zero-order chi connectivity index (χ0) is 17.9. The highest BCUT2D eigenvalue weighted by Gasteiger charge is 2.14. The molecular weight excluding hydrogens is 317 g/mol. The average molecular weight is 337 g/mol. The number of aromatic nitrogens is 3. The molecule has 2 N–H and O–H groups in total. The molecule has 0 bridgehead atoms. The summed E-state index contributed by atoms with van der Waals surface area (Å²) in [5.41, 5.74) is 2.04. The fourth-order valence-corrected chi connectivity index (χ4v) is 2.28. The Kier molecular flexibility index (Phi) is 4.61. The van der Waals surface area contributed by atoms with E-state index in [0.29, 0.717) is 17.5 Å². The Morgan fingerprint density at radius 2 is 1.84 bits per heavy atom. The highest BCUT2D eigenvalue weighted by molar-refractivity contribution is 5.66. The van der Waals surface area contributed by atoms with E-state index in [2.05, 4.69) is 25.6 Å². The van der Waals surface area contributed by atoms with Gasteiger partial charge in [0.05, 0.1) is 5.69 Å². The van der Waals surface area contributed by atoms with Crippen molar-refractivity contribution in [1.82, 2.24) is 15.0 Å². The van der Waals surface area contributed by atoms with E-state index in [0.717, 1.165) is 11.3 Å². The lowest BCUT2D eigenvalue weighted by Gasteiger charge is -2.21. The average Bonchev–Trinajstić information content (AvgIpc) is 2.54. The molecule has 0 fully saturated rings. The lowest BCUT2D eigenvalue weighted by molar-refractivity contribution is 0.626. The van der Waals surface area contributed by atoms with Crippen LogP contribution in [0.2, 0.25) is 0 Å². The van der Waals surface area contributed by atoms with Gasteiger partial charge in [-0.2, -0.15) is 4.98 Å². The topological polar surface area (TPSA) is 62.7 Å². The van der Waals surface area contributed by atoms with E-state index in [-0.39, 0.29) is 11.4 Å². The van der Waals surface area contributed by atoms with Crippen LogP contribution in [-0.2, 0) is 0 Å². The van der Waals surface area contributed by atoms with Gasteiger partial charge in [-0.15, -0.1) is 0 Å². The molecule has 0 spiro atoms. The van der Waals surface area contributed by atoms with E-state index in [9.17, 15) is 4.39 Å². The number of nitrogens with one attached hydrogen (secondary N) is 2. The summed E-state index contributed by atoms with van der Waals surface area (Å²) in [6, 6.07) is 11.9. The van der Waals surface area contributed by atoms with Crippen LogP contribution in [0.5, 0.6) is 0 Å². The normalized spacial score (nSPS) is 11.2. The summed E-state index contributed by atoms with van der Waals surface area (Å²) in [6.07, 6.45) is 3.46. The fraction of sp³-hybridized carbons (Fsp3) is 0.211. The van der Waals surface area contributed by atoms with E-state index >= 15 is 0 Å². The van der Waals surface area contributed by atoms with Gasteiger partial charge in [-0.3, -0.25) is 4.98 Å². The van der Waals surface area contributed by atoms with Crippen molar-refractivity contribution in [2.75, 3.05) is 10.6 Å². The van der Waals surface area contributed by atoms with Gasteiger partial charge >= 0.3 is 0 Å². The number of pyridine rings is 1. The fourth-order valence-electron chi connectivity index (χ4n) is 2.28. The molecule has 0 aliphatic rings. The SMILES string of the molecule is CC(C)(C)Nc1nc(Nc2cccc(F)c2)cc(-c2cccnc2)n1. The van der Waals surface area contributed by atoms with Crippen molar-refractivity contribution in [3.05, 3.63) is 60.7 Å². The van der Waals surface area contributed by atoms with Gasteiger partial charge in [-0.1, -0.05) is 6.07 Å². The Bertz CT molecular complexity index is 859. The highest BCUT2D eigenvalue weighted by atomic mass is 19.1. The number of hydrogen-bond acceptors (Lipinski definition) is 5. The maximum absolute atomic E-state index is 13.4. The quantitative estimate of drug-likeness (QED) is 0.726. The Morgan fingerprint density at radius 1 is 1.00 bits per heavy atom. The Morgan fingerprint density at radius 3 is 2.52 bits per heavy atom. The molecule has 6 heteroatoms. The van der Waals surface area contributed by atoms with Crippen LogP contribution in [0, 0.1) is 5.82 Å². The van der Waals surface area contributed by atoms with Crippen molar-refractivity contribution < 1.29 is 4.39 Å². The number of anilines is 3. The highest BCUT2D eigenvalue weighted by Crippen LogP contribution is 2.24. The van der Waals surface area contributed by atoms with Gasteiger partial charge in [-0.05, 0) is 51.1 Å². The minimum Gasteiger partial charge on any atom is -0.350 e. The zero-order valence-corrected chi connectivity index (χ0v) is 14.4. The molecule has 0 atom stereocenters. The molecule has 2 heterocycles. The van der Waals surface area contributed by atoms with Gasteiger partial charge in [0.15, 0.2) is 0 Å². The first kappa shape index (κ1) is 16.8. The number of nitrogens with zero attached hydrogens (tertiary/aromatic N) is 3. The molecular formula is C19H20FN5. The van der Waals surface area contributed by atoms with Crippen LogP contribution in [0.1, 0.15) is 20.8 Å². The van der Waals surface area contributed by atoms with Gasteiger partial charge in [0, 0.05) is 35.2 Å². The molecule has 0 unspecified atom stereocenters. The molecule has 5 nitrogen and oxygen atoms in total. The van der Waals surface area contributed by atoms with Crippen molar-refractivity contribution >= 4 is 17.5 Å². The summed E-state index contributed by atoms with van der Waals surface area (Å²) in [4.78, 5) is 13.2. The van der Waals surface area contributed by atoms with Crippen molar-refractivity contribution in [2.24, 2.45) is 0 Å². The number of benzene rings is 1. The largest absolute Gasteiger partial charge is 0.350 e. The first-order chi connectivity index (χ1) is 11.9. The van der Waals surface area contributed by atoms with Crippen LogP contribution in [0.4, 0.5) is 21.8 Å². The summed E-state index contributed by atoms with van der Waals surface area (Å²) >= 11 is 0. The molecule has 0 amide bonds. The Hall–Kier alpha value is -3.02. The van der Waals surface area contributed by atoms with Crippen molar-refractivity contribution in [3.63, 3.8) is 0 Å². The lowest BCUT2D eigenvalue weighted by atomic mass is 10.1. The van der Waals surface area contributed by atoms with Crippen molar-refractivity contribution in [2.45, 2.75) is 26.3 Å². The summed E-state index contributed by atoms with van der Waals surface area (Å²) < 4.78 is 13.4. The van der Waals surface area contributed by atoms with Crippen LogP contribution in [-0.4, -0.2) is 20.5 Å². The maximum atomic E-state index is 13.4. The Balaban J connectivity index is 2.00. The Labute approximate surface area is 146 Å². The van der Waals surface area contributed by atoms with Gasteiger partial charge in [0.2, 0.25) is 5.95 Å². The second kappa shape index (κ2) is 6.84. The zero-order valence-electron chi connectivity index (χ0n) is 14.4. The van der Waals surface area contributed by atoms with E-state index in [1.54, 1.807) is 24.5 Å². The second-order valence-electron chi connectivity index (χ2n) is 6.71. The molecule has 1 aromatic carbocycles.